The third kappa shape index (κ3) is 4.82. The zero-order valence-electron chi connectivity index (χ0n) is 16.1. The van der Waals surface area contributed by atoms with Gasteiger partial charge < -0.3 is 9.47 Å². The average molecular weight is 411 g/mol. The van der Waals surface area contributed by atoms with E-state index >= 15 is 0 Å². The molecule has 3 aromatic rings. The zero-order valence-corrected chi connectivity index (χ0v) is 16.9. The number of carbonyl (C=O) groups is 1. The maximum absolute atomic E-state index is 12.6. The Bertz CT molecular complexity index is 1090. The summed E-state index contributed by atoms with van der Waals surface area (Å²) in [5, 5.41) is 0. The Balaban J connectivity index is 1.75. The summed E-state index contributed by atoms with van der Waals surface area (Å²) in [7, 11) is -0.987. The van der Waals surface area contributed by atoms with Crippen LogP contribution in [0.1, 0.15) is 15.9 Å². The molecule has 0 aliphatic carbocycles. The minimum absolute atomic E-state index is 0.0246. The van der Waals surface area contributed by atoms with Crippen LogP contribution in [0, 0.1) is 0 Å². The fourth-order valence-corrected chi connectivity index (χ4v) is 3.87. The summed E-state index contributed by atoms with van der Waals surface area (Å²) >= 11 is 0. The van der Waals surface area contributed by atoms with Crippen molar-refractivity contribution in [2.75, 3.05) is 14.2 Å². The molecule has 6 nitrogen and oxygen atoms in total. The van der Waals surface area contributed by atoms with E-state index in [0.29, 0.717) is 11.3 Å². The predicted molar refractivity (Wildman–Crippen MR) is 110 cm³/mol. The number of ether oxygens (including phenoxy) is 2. The highest BCUT2D eigenvalue weighted by molar-refractivity contribution is 7.89. The first-order chi connectivity index (χ1) is 13.9. The van der Waals surface area contributed by atoms with Crippen LogP contribution < -0.4 is 9.46 Å². The molecule has 0 saturated heterocycles. The quantitative estimate of drug-likeness (QED) is 0.601. The summed E-state index contributed by atoms with van der Waals surface area (Å²) in [5.74, 6) is -0.192. The van der Waals surface area contributed by atoms with Crippen molar-refractivity contribution in [2.45, 2.75) is 11.4 Å². The Morgan fingerprint density at radius 3 is 2.17 bits per heavy atom. The number of methoxy groups -OCH3 is 2. The van der Waals surface area contributed by atoms with E-state index < -0.39 is 16.0 Å². The van der Waals surface area contributed by atoms with Gasteiger partial charge in [0, 0.05) is 6.54 Å². The molecule has 0 bridgehead atoms. The Kier molecular flexibility index (Phi) is 6.31. The fourth-order valence-electron chi connectivity index (χ4n) is 2.85. The lowest BCUT2D eigenvalue weighted by atomic mass is 10.1. The first-order valence-corrected chi connectivity index (χ1v) is 10.3. The van der Waals surface area contributed by atoms with E-state index in [1.807, 2.05) is 30.3 Å². The lowest BCUT2D eigenvalue weighted by Crippen LogP contribution is -2.23. The molecule has 1 N–H and O–H groups in total. The van der Waals surface area contributed by atoms with Gasteiger partial charge in [0.05, 0.1) is 19.1 Å². The third-order valence-electron chi connectivity index (χ3n) is 4.41. The Hall–Kier alpha value is -3.16. The second-order valence-corrected chi connectivity index (χ2v) is 8.01. The summed E-state index contributed by atoms with van der Waals surface area (Å²) in [5.41, 5.74) is 2.79. The van der Waals surface area contributed by atoms with Gasteiger partial charge in [0.2, 0.25) is 10.0 Å². The molecule has 3 rings (SSSR count). The molecular formula is C22H21NO5S. The molecule has 0 spiro atoms. The Labute approximate surface area is 170 Å². The monoisotopic (exact) mass is 411 g/mol. The van der Waals surface area contributed by atoms with Crippen LogP contribution in [0.4, 0.5) is 0 Å². The van der Waals surface area contributed by atoms with Crippen LogP contribution in [0.5, 0.6) is 5.75 Å². The van der Waals surface area contributed by atoms with Crippen molar-refractivity contribution in [1.29, 1.82) is 0 Å². The zero-order chi connectivity index (χ0) is 20.9. The fraction of sp³-hybridized carbons (Fsp3) is 0.136. The molecule has 150 valence electrons. The van der Waals surface area contributed by atoms with Gasteiger partial charge in [0.1, 0.15) is 11.3 Å². The molecular weight excluding hydrogens is 390 g/mol. The lowest BCUT2D eigenvalue weighted by Gasteiger charge is -2.11. The molecule has 0 saturated carbocycles. The first-order valence-electron chi connectivity index (χ1n) is 8.85. The van der Waals surface area contributed by atoms with Crippen LogP contribution in [0.2, 0.25) is 0 Å². The number of benzene rings is 3. The Morgan fingerprint density at radius 2 is 1.55 bits per heavy atom. The van der Waals surface area contributed by atoms with Crippen molar-refractivity contribution in [3.63, 3.8) is 0 Å². The molecule has 0 aliphatic rings. The number of hydrogen-bond donors (Lipinski definition) is 1. The molecule has 29 heavy (non-hydrogen) atoms. The van der Waals surface area contributed by atoms with Crippen molar-refractivity contribution in [2.24, 2.45) is 0 Å². The van der Waals surface area contributed by atoms with Crippen molar-refractivity contribution in [3.05, 3.63) is 83.9 Å². The van der Waals surface area contributed by atoms with E-state index in [1.165, 1.54) is 14.2 Å². The third-order valence-corrected chi connectivity index (χ3v) is 5.82. The maximum Gasteiger partial charge on any atom is 0.341 e. The van der Waals surface area contributed by atoms with E-state index in [2.05, 4.69) is 4.72 Å². The van der Waals surface area contributed by atoms with E-state index in [9.17, 15) is 13.2 Å². The summed E-state index contributed by atoms with van der Waals surface area (Å²) < 4.78 is 37.7. The largest absolute Gasteiger partial charge is 0.496 e. The highest BCUT2D eigenvalue weighted by atomic mass is 32.2. The second kappa shape index (κ2) is 8.89. The molecule has 0 fully saturated rings. The normalized spacial score (nSPS) is 11.1. The van der Waals surface area contributed by atoms with Crippen molar-refractivity contribution < 1.29 is 22.7 Å². The van der Waals surface area contributed by atoms with Crippen LogP contribution in [0.3, 0.4) is 0 Å². The van der Waals surface area contributed by atoms with Crippen molar-refractivity contribution >= 4 is 16.0 Å². The van der Waals surface area contributed by atoms with Crippen LogP contribution >= 0.6 is 0 Å². The van der Waals surface area contributed by atoms with E-state index in [4.69, 9.17) is 9.47 Å². The van der Waals surface area contributed by atoms with Gasteiger partial charge in [-0.2, -0.15) is 0 Å². The molecule has 0 atom stereocenters. The minimum atomic E-state index is -3.71. The number of esters is 1. The van der Waals surface area contributed by atoms with Crippen LogP contribution in [-0.4, -0.2) is 28.6 Å². The molecule has 3 aromatic carbocycles. The smallest absolute Gasteiger partial charge is 0.341 e. The van der Waals surface area contributed by atoms with Gasteiger partial charge in [-0.1, -0.05) is 48.5 Å². The molecule has 0 heterocycles. The van der Waals surface area contributed by atoms with Crippen LogP contribution in [0.25, 0.3) is 11.1 Å². The molecule has 7 heteroatoms. The van der Waals surface area contributed by atoms with E-state index in [0.717, 1.165) is 11.1 Å². The lowest BCUT2D eigenvalue weighted by molar-refractivity contribution is 0.0597. The summed E-state index contributed by atoms with van der Waals surface area (Å²) in [6, 6.07) is 21.2. The van der Waals surface area contributed by atoms with Gasteiger partial charge in [0.25, 0.3) is 0 Å². The minimum Gasteiger partial charge on any atom is -0.496 e. The standard InChI is InChI=1S/C22H21NO5S/c1-27-21-13-8-16(14-20(21)22(24)28-2)15-23-29(25,26)19-11-9-18(10-12-19)17-6-4-3-5-7-17/h3-14,23H,15H2,1-2H3. The van der Waals surface area contributed by atoms with Gasteiger partial charge >= 0.3 is 5.97 Å². The number of rotatable bonds is 7. The van der Waals surface area contributed by atoms with Crippen molar-refractivity contribution in [3.8, 4) is 16.9 Å². The van der Waals surface area contributed by atoms with Crippen molar-refractivity contribution in [1.82, 2.24) is 4.72 Å². The maximum atomic E-state index is 12.6. The average Bonchev–Trinajstić information content (AvgIpc) is 2.77. The van der Waals surface area contributed by atoms with Gasteiger partial charge in [-0.05, 0) is 41.0 Å². The topological polar surface area (TPSA) is 81.7 Å². The second-order valence-electron chi connectivity index (χ2n) is 6.24. The Morgan fingerprint density at radius 1 is 0.897 bits per heavy atom. The van der Waals surface area contributed by atoms with Gasteiger partial charge in [-0.3, -0.25) is 0 Å². The van der Waals surface area contributed by atoms with Crippen LogP contribution in [-0.2, 0) is 21.3 Å². The molecule has 0 radical (unpaired) electrons. The number of hydrogen-bond acceptors (Lipinski definition) is 5. The molecule has 0 aromatic heterocycles. The summed E-state index contributed by atoms with van der Waals surface area (Å²) in [6.45, 7) is 0.0246. The molecule has 0 amide bonds. The SMILES string of the molecule is COC(=O)c1cc(CNS(=O)(=O)c2ccc(-c3ccccc3)cc2)ccc1OC. The highest BCUT2D eigenvalue weighted by Gasteiger charge is 2.16. The van der Waals surface area contributed by atoms with Crippen LogP contribution in [0.15, 0.2) is 77.7 Å². The van der Waals surface area contributed by atoms with Gasteiger partial charge in [-0.15, -0.1) is 0 Å². The van der Waals surface area contributed by atoms with Gasteiger partial charge in [0.15, 0.2) is 0 Å². The molecule has 0 unspecified atom stereocenters. The van der Waals surface area contributed by atoms with Gasteiger partial charge in [-0.25, -0.2) is 17.9 Å². The molecule has 0 aliphatic heterocycles. The summed E-state index contributed by atoms with van der Waals surface area (Å²) in [6.07, 6.45) is 0. The number of sulfonamides is 1. The van der Waals surface area contributed by atoms with E-state index in [1.54, 1.807) is 42.5 Å². The highest BCUT2D eigenvalue weighted by Crippen LogP contribution is 2.23. The summed E-state index contributed by atoms with van der Waals surface area (Å²) in [4.78, 5) is 12.0. The first kappa shape index (κ1) is 20.6. The van der Waals surface area contributed by atoms with E-state index in [-0.39, 0.29) is 17.0 Å². The predicted octanol–water partition coefficient (Wildman–Crippen LogP) is 3.63. The number of carbonyl (C=O) groups excluding carboxylic acids is 1. The number of nitrogens with one attached hydrogen (secondary N) is 1.